The van der Waals surface area contributed by atoms with E-state index in [1.807, 2.05) is 0 Å². The predicted molar refractivity (Wildman–Crippen MR) is 238 cm³/mol. The Balaban J connectivity index is 1.03. The van der Waals surface area contributed by atoms with Crippen LogP contribution in [0.25, 0.3) is 73.8 Å². The van der Waals surface area contributed by atoms with Crippen molar-refractivity contribution >= 4 is 40.0 Å². The topological polar surface area (TPSA) is 22.8 Å². The van der Waals surface area contributed by atoms with E-state index < -0.39 is 0 Å². The Morgan fingerprint density at radius 1 is 0.596 bits per heavy atom. The zero-order valence-electron chi connectivity index (χ0n) is 32.1. The molecular weight excluding hydrogens is 691 g/mol. The van der Waals surface area contributed by atoms with Crippen LogP contribution in [0.15, 0.2) is 175 Å². The van der Waals surface area contributed by atoms with Crippen molar-refractivity contribution in [3.8, 4) is 33.8 Å². The first-order valence-electron chi connectivity index (χ1n) is 20.4. The molecule has 8 aromatic rings. The van der Waals surface area contributed by atoms with Crippen LogP contribution in [0.5, 0.6) is 0 Å². The highest BCUT2D eigenvalue weighted by molar-refractivity contribution is 5.95. The number of nitrogens with zero attached hydrogens (tertiary/aromatic N) is 3. The normalized spacial score (nSPS) is 18.5. The summed E-state index contributed by atoms with van der Waals surface area (Å²) in [6.45, 7) is 2.43. The van der Waals surface area contributed by atoms with Crippen LogP contribution in [0.4, 0.5) is 0 Å². The molecule has 3 heterocycles. The monoisotopic (exact) mass is 733 g/mol. The molecule has 0 amide bonds. The summed E-state index contributed by atoms with van der Waals surface area (Å²) in [6.07, 6.45) is 19.4. The number of hydrogen-bond donors (Lipinski definition) is 0. The summed E-state index contributed by atoms with van der Waals surface area (Å²) in [5, 5.41) is 5.31. The first kappa shape index (κ1) is 33.6. The fraction of sp³-hybridized carbons (Fsp3) is 0.130. The third-order valence-electron chi connectivity index (χ3n) is 12.4. The lowest BCUT2D eigenvalue weighted by atomic mass is 9.80. The first-order valence-corrected chi connectivity index (χ1v) is 20.4. The summed E-state index contributed by atoms with van der Waals surface area (Å²) in [5.41, 5.74) is 14.9. The Morgan fingerprint density at radius 2 is 1.32 bits per heavy atom. The fourth-order valence-electron chi connectivity index (χ4n) is 9.72. The summed E-state index contributed by atoms with van der Waals surface area (Å²) in [5.74, 6) is 0.934. The molecule has 0 bridgehead atoms. The zero-order chi connectivity index (χ0) is 37.9. The van der Waals surface area contributed by atoms with E-state index in [0.717, 1.165) is 36.2 Å². The molecule has 11 rings (SSSR count). The smallest absolute Gasteiger partial charge is 0.0711 e. The van der Waals surface area contributed by atoms with Gasteiger partial charge in [0.1, 0.15) is 0 Å². The number of pyridine rings is 1. The van der Waals surface area contributed by atoms with Gasteiger partial charge >= 0.3 is 0 Å². The lowest BCUT2D eigenvalue weighted by Gasteiger charge is -2.27. The highest BCUT2D eigenvalue weighted by atomic mass is 15.0. The number of benzene rings is 5. The van der Waals surface area contributed by atoms with Crippen LogP contribution in [0.3, 0.4) is 0 Å². The molecule has 3 unspecified atom stereocenters. The molecule has 3 aliphatic carbocycles. The van der Waals surface area contributed by atoms with Gasteiger partial charge in [0, 0.05) is 67.6 Å². The number of para-hydroxylation sites is 3. The van der Waals surface area contributed by atoms with Gasteiger partial charge in [-0.2, -0.15) is 0 Å². The van der Waals surface area contributed by atoms with E-state index in [9.17, 15) is 0 Å². The average Bonchev–Trinajstić information content (AvgIpc) is 3.80. The van der Waals surface area contributed by atoms with Gasteiger partial charge in [0.2, 0.25) is 0 Å². The van der Waals surface area contributed by atoms with Crippen LogP contribution in [0.1, 0.15) is 55.0 Å². The summed E-state index contributed by atoms with van der Waals surface area (Å²) >= 11 is 0. The quantitative estimate of drug-likeness (QED) is 0.167. The maximum absolute atomic E-state index is 5.22. The van der Waals surface area contributed by atoms with Crippen LogP contribution < -0.4 is 10.6 Å². The van der Waals surface area contributed by atoms with Gasteiger partial charge in [0.15, 0.2) is 0 Å². The number of allylic oxidation sites excluding steroid dienone is 5. The summed E-state index contributed by atoms with van der Waals surface area (Å²) < 4.78 is 5.00. The standard InChI is InChI=1S/C54H43N3/c1-36-30-41(40-28-29-47-45-24-11-13-26-51(45)56(53(47)35-40)43-21-9-4-10-22-43)32-48-46-25-12-14-27-52(46)57(54(36)48)44-23-15-20-39(31-44)42-33-49(37-16-5-2-6-17-37)55-50(34-42)38-18-7-3-8-19-38/h2-18,20-27,29,31-36,38,40H,19,28,30H2,1H3. The minimum Gasteiger partial charge on any atom is -0.313 e. The van der Waals surface area contributed by atoms with Gasteiger partial charge < -0.3 is 9.13 Å². The number of fused-ring (bicyclic) bond motifs is 6. The second-order valence-corrected chi connectivity index (χ2v) is 15.9. The highest BCUT2D eigenvalue weighted by Gasteiger charge is 2.29. The van der Waals surface area contributed by atoms with Crippen molar-refractivity contribution in [1.82, 2.24) is 14.1 Å². The SMILES string of the molecule is CC1CC(C2C=c3c(c4ccccc4n3-c3ccccc3)=CC2)=Cc2c1n(-c1cccc(-c3cc(-c4ccccc4)nc(C4C=CC=CC4)c3)c1)c1ccccc21. The van der Waals surface area contributed by atoms with E-state index in [1.54, 1.807) is 0 Å². The Kier molecular flexibility index (Phi) is 8.13. The van der Waals surface area contributed by atoms with Gasteiger partial charge in [0.05, 0.1) is 22.1 Å². The second kappa shape index (κ2) is 13.8. The molecule has 3 atom stereocenters. The minimum atomic E-state index is 0.259. The average molecular weight is 734 g/mol. The first-order chi connectivity index (χ1) is 28.2. The molecule has 0 fully saturated rings. The molecule has 0 N–H and O–H groups in total. The van der Waals surface area contributed by atoms with E-state index >= 15 is 0 Å². The Hall–Kier alpha value is -6.71. The Labute approximate surface area is 333 Å². The molecule has 57 heavy (non-hydrogen) atoms. The van der Waals surface area contributed by atoms with Crippen LogP contribution >= 0.6 is 0 Å². The third-order valence-corrected chi connectivity index (χ3v) is 12.4. The molecule has 3 heteroatoms. The summed E-state index contributed by atoms with van der Waals surface area (Å²) in [6, 6.07) is 53.0. The highest BCUT2D eigenvalue weighted by Crippen LogP contribution is 2.44. The van der Waals surface area contributed by atoms with Crippen molar-refractivity contribution in [2.24, 2.45) is 5.92 Å². The molecule has 0 spiro atoms. The van der Waals surface area contributed by atoms with Crippen LogP contribution in [0, 0.1) is 5.92 Å². The summed E-state index contributed by atoms with van der Waals surface area (Å²) in [4.78, 5) is 5.22. The van der Waals surface area contributed by atoms with E-state index in [2.05, 4.69) is 204 Å². The molecule has 0 saturated carbocycles. The summed E-state index contributed by atoms with van der Waals surface area (Å²) in [7, 11) is 0. The molecular formula is C54H43N3. The van der Waals surface area contributed by atoms with Crippen molar-refractivity contribution in [1.29, 1.82) is 0 Å². The molecule has 0 saturated heterocycles. The molecule has 5 aromatic carbocycles. The van der Waals surface area contributed by atoms with E-state index in [4.69, 9.17) is 4.98 Å². The maximum Gasteiger partial charge on any atom is 0.0711 e. The van der Waals surface area contributed by atoms with Gasteiger partial charge in [-0.25, -0.2) is 0 Å². The third kappa shape index (κ3) is 5.76. The number of hydrogen-bond acceptors (Lipinski definition) is 1. The van der Waals surface area contributed by atoms with Crippen molar-refractivity contribution in [3.05, 3.63) is 203 Å². The van der Waals surface area contributed by atoms with E-state index in [-0.39, 0.29) is 5.92 Å². The van der Waals surface area contributed by atoms with Gasteiger partial charge in [-0.15, -0.1) is 0 Å². The molecule has 0 aliphatic heterocycles. The lowest BCUT2D eigenvalue weighted by molar-refractivity contribution is 0.649. The van der Waals surface area contributed by atoms with Crippen LogP contribution in [-0.4, -0.2) is 14.1 Å². The Morgan fingerprint density at radius 3 is 2.12 bits per heavy atom. The molecule has 3 aliphatic rings. The number of aromatic nitrogens is 3. The van der Waals surface area contributed by atoms with Crippen molar-refractivity contribution < 1.29 is 0 Å². The zero-order valence-corrected chi connectivity index (χ0v) is 32.1. The fourth-order valence-corrected chi connectivity index (χ4v) is 9.72. The molecule has 0 radical (unpaired) electrons. The predicted octanol–water partition coefficient (Wildman–Crippen LogP) is 12.1. The van der Waals surface area contributed by atoms with Gasteiger partial charge in [-0.3, -0.25) is 4.98 Å². The molecule has 274 valence electrons. The second-order valence-electron chi connectivity index (χ2n) is 15.9. The molecule has 3 nitrogen and oxygen atoms in total. The largest absolute Gasteiger partial charge is 0.313 e. The minimum absolute atomic E-state index is 0.259. The molecule has 3 aromatic heterocycles. The maximum atomic E-state index is 5.22. The van der Waals surface area contributed by atoms with E-state index in [1.165, 1.54) is 71.7 Å². The van der Waals surface area contributed by atoms with E-state index in [0.29, 0.717) is 11.8 Å². The van der Waals surface area contributed by atoms with Gasteiger partial charge in [-0.05, 0) is 78.9 Å². The Bertz CT molecular complexity index is 3060. The number of rotatable bonds is 6. The van der Waals surface area contributed by atoms with Crippen LogP contribution in [0.2, 0.25) is 0 Å². The van der Waals surface area contributed by atoms with Gasteiger partial charge in [0.25, 0.3) is 0 Å². The van der Waals surface area contributed by atoms with Crippen molar-refractivity contribution in [2.75, 3.05) is 0 Å². The lowest BCUT2D eigenvalue weighted by Crippen LogP contribution is -2.33. The van der Waals surface area contributed by atoms with Crippen molar-refractivity contribution in [2.45, 2.75) is 38.0 Å². The van der Waals surface area contributed by atoms with Crippen LogP contribution in [-0.2, 0) is 0 Å². The van der Waals surface area contributed by atoms with Gasteiger partial charge in [-0.1, -0.05) is 152 Å². The van der Waals surface area contributed by atoms with Crippen molar-refractivity contribution in [3.63, 3.8) is 0 Å².